The van der Waals surface area contributed by atoms with Crippen LogP contribution in [0, 0.1) is 0 Å². The van der Waals surface area contributed by atoms with Gasteiger partial charge in [-0.25, -0.2) is 9.97 Å². The first-order valence-corrected chi connectivity index (χ1v) is 7.39. The van der Waals surface area contributed by atoms with Crippen molar-refractivity contribution in [2.24, 2.45) is 0 Å². The van der Waals surface area contributed by atoms with Gasteiger partial charge in [-0.3, -0.25) is 4.79 Å². The number of halogens is 2. The molecule has 1 aromatic heterocycles. The van der Waals surface area contributed by atoms with Crippen molar-refractivity contribution >= 4 is 36.7 Å². The van der Waals surface area contributed by atoms with E-state index in [1.165, 1.54) is 6.42 Å². The second-order valence-corrected chi connectivity index (χ2v) is 5.36. The van der Waals surface area contributed by atoms with E-state index in [1.54, 1.807) is 12.4 Å². The minimum absolute atomic E-state index is 0. The van der Waals surface area contributed by atoms with Crippen molar-refractivity contribution in [3.63, 3.8) is 0 Å². The van der Waals surface area contributed by atoms with Crippen molar-refractivity contribution in [3.8, 4) is 0 Å². The zero-order valence-electron chi connectivity index (χ0n) is 12.5. The fourth-order valence-electron chi connectivity index (χ4n) is 2.86. The number of rotatable bonds is 2. The number of piperazine rings is 1. The second kappa shape index (κ2) is 9.12. The highest BCUT2D eigenvalue weighted by Gasteiger charge is 2.28. The highest BCUT2D eigenvalue weighted by molar-refractivity contribution is 5.85. The van der Waals surface area contributed by atoms with E-state index in [4.69, 9.17) is 0 Å². The number of hydrogen-bond donors (Lipinski definition) is 1. The summed E-state index contributed by atoms with van der Waals surface area (Å²) in [4.78, 5) is 25.0. The predicted molar refractivity (Wildman–Crippen MR) is 91.0 cm³/mol. The van der Waals surface area contributed by atoms with Crippen LogP contribution in [0.3, 0.4) is 0 Å². The zero-order chi connectivity index (χ0) is 13.8. The molecule has 8 heteroatoms. The van der Waals surface area contributed by atoms with Gasteiger partial charge in [-0.05, 0) is 25.5 Å². The first-order chi connectivity index (χ1) is 9.84. The smallest absolute Gasteiger partial charge is 0.239 e. The lowest BCUT2D eigenvalue weighted by molar-refractivity contribution is -0.134. The molecule has 0 aromatic carbocycles. The van der Waals surface area contributed by atoms with Crippen LogP contribution < -0.4 is 10.2 Å². The molecule has 3 heterocycles. The average Bonchev–Trinajstić information content (AvgIpc) is 2.56. The van der Waals surface area contributed by atoms with Crippen molar-refractivity contribution in [3.05, 3.63) is 18.5 Å². The van der Waals surface area contributed by atoms with Crippen LogP contribution in [0.5, 0.6) is 0 Å². The molecule has 124 valence electrons. The quantitative estimate of drug-likeness (QED) is 0.868. The largest absolute Gasteiger partial charge is 0.338 e. The van der Waals surface area contributed by atoms with Crippen molar-refractivity contribution in [2.75, 3.05) is 37.6 Å². The Morgan fingerprint density at radius 2 is 1.77 bits per heavy atom. The zero-order valence-corrected chi connectivity index (χ0v) is 14.1. The number of anilines is 1. The van der Waals surface area contributed by atoms with Crippen LogP contribution in [0.1, 0.15) is 19.3 Å². The number of carbonyl (C=O) groups excluding carboxylic acids is 1. The lowest BCUT2D eigenvalue weighted by atomic mass is 10.0. The van der Waals surface area contributed by atoms with Gasteiger partial charge in [-0.2, -0.15) is 0 Å². The van der Waals surface area contributed by atoms with Crippen molar-refractivity contribution < 1.29 is 4.79 Å². The van der Waals surface area contributed by atoms with Gasteiger partial charge in [0.05, 0.1) is 6.04 Å². The molecule has 1 aromatic rings. The summed E-state index contributed by atoms with van der Waals surface area (Å²) in [5.74, 6) is 1.02. The molecule has 0 aliphatic carbocycles. The van der Waals surface area contributed by atoms with E-state index in [1.807, 2.05) is 11.0 Å². The maximum Gasteiger partial charge on any atom is 0.239 e. The summed E-state index contributed by atoms with van der Waals surface area (Å²) >= 11 is 0. The highest BCUT2D eigenvalue weighted by Crippen LogP contribution is 2.14. The number of nitrogens with zero attached hydrogens (tertiary/aromatic N) is 4. The van der Waals surface area contributed by atoms with Gasteiger partial charge in [0.15, 0.2) is 0 Å². The van der Waals surface area contributed by atoms with Gasteiger partial charge in [0.2, 0.25) is 11.9 Å². The summed E-state index contributed by atoms with van der Waals surface area (Å²) in [7, 11) is 0. The molecule has 1 N–H and O–H groups in total. The molecule has 1 amide bonds. The molecule has 2 aliphatic rings. The molecule has 3 rings (SSSR count). The molecular formula is C14H23Cl2N5O. The molecule has 2 aliphatic heterocycles. The number of piperidine rings is 1. The summed E-state index contributed by atoms with van der Waals surface area (Å²) in [6.07, 6.45) is 6.82. The summed E-state index contributed by atoms with van der Waals surface area (Å²) in [5, 5.41) is 3.33. The van der Waals surface area contributed by atoms with E-state index >= 15 is 0 Å². The first kappa shape index (κ1) is 18.9. The first-order valence-electron chi connectivity index (χ1n) is 7.39. The Morgan fingerprint density at radius 1 is 1.09 bits per heavy atom. The van der Waals surface area contributed by atoms with E-state index in [9.17, 15) is 4.79 Å². The van der Waals surface area contributed by atoms with Crippen LogP contribution in [0.4, 0.5) is 5.95 Å². The van der Waals surface area contributed by atoms with Gasteiger partial charge in [0.1, 0.15) is 0 Å². The molecule has 0 spiro atoms. The minimum atomic E-state index is 0. The molecule has 6 nitrogen and oxygen atoms in total. The van der Waals surface area contributed by atoms with E-state index in [0.717, 1.165) is 51.5 Å². The third-order valence-corrected chi connectivity index (χ3v) is 4.03. The Balaban J connectivity index is 0.00000121. The lowest BCUT2D eigenvalue weighted by Gasteiger charge is -2.37. The van der Waals surface area contributed by atoms with E-state index < -0.39 is 0 Å². The fraction of sp³-hybridized carbons (Fsp3) is 0.643. The van der Waals surface area contributed by atoms with Crippen molar-refractivity contribution in [2.45, 2.75) is 25.3 Å². The Kier molecular flexibility index (Phi) is 7.85. The minimum Gasteiger partial charge on any atom is -0.338 e. The number of amides is 1. The lowest BCUT2D eigenvalue weighted by Crippen LogP contribution is -2.55. The fourth-order valence-corrected chi connectivity index (χ4v) is 2.86. The molecule has 2 saturated heterocycles. The van der Waals surface area contributed by atoms with Gasteiger partial charge >= 0.3 is 0 Å². The summed E-state index contributed by atoms with van der Waals surface area (Å²) in [5.41, 5.74) is 0. The van der Waals surface area contributed by atoms with Crippen LogP contribution in [0.15, 0.2) is 18.5 Å². The summed E-state index contributed by atoms with van der Waals surface area (Å²) in [6.45, 7) is 4.10. The Labute approximate surface area is 143 Å². The third kappa shape index (κ3) is 4.44. The molecule has 1 atom stereocenters. The molecule has 0 bridgehead atoms. The maximum atomic E-state index is 12.4. The monoisotopic (exact) mass is 347 g/mol. The molecule has 0 radical (unpaired) electrons. The summed E-state index contributed by atoms with van der Waals surface area (Å²) in [6, 6.07) is 1.85. The molecule has 2 fully saturated rings. The normalized spacial score (nSPS) is 21.5. The van der Waals surface area contributed by atoms with Gasteiger partial charge in [-0.15, -0.1) is 24.8 Å². The molecule has 22 heavy (non-hydrogen) atoms. The van der Waals surface area contributed by atoms with Gasteiger partial charge < -0.3 is 15.1 Å². The van der Waals surface area contributed by atoms with Gasteiger partial charge in [0, 0.05) is 38.6 Å². The SMILES string of the molecule is Cl.Cl.O=C([C@H]1CCCCN1)N1CCN(c2ncccn2)CC1. The van der Waals surface area contributed by atoms with E-state index in [-0.39, 0.29) is 36.8 Å². The highest BCUT2D eigenvalue weighted by atomic mass is 35.5. The Hall–Kier alpha value is -1.11. The number of aromatic nitrogens is 2. The average molecular weight is 348 g/mol. The maximum absolute atomic E-state index is 12.4. The molecule has 0 unspecified atom stereocenters. The second-order valence-electron chi connectivity index (χ2n) is 5.36. The van der Waals surface area contributed by atoms with Crippen LogP contribution in [-0.2, 0) is 4.79 Å². The third-order valence-electron chi connectivity index (χ3n) is 4.03. The van der Waals surface area contributed by atoms with Gasteiger partial charge in [-0.1, -0.05) is 6.42 Å². The topological polar surface area (TPSA) is 61.4 Å². The van der Waals surface area contributed by atoms with Crippen LogP contribution in [0.25, 0.3) is 0 Å². The van der Waals surface area contributed by atoms with Gasteiger partial charge in [0.25, 0.3) is 0 Å². The Morgan fingerprint density at radius 3 is 2.36 bits per heavy atom. The molecular weight excluding hydrogens is 325 g/mol. The van der Waals surface area contributed by atoms with Crippen LogP contribution in [-0.4, -0.2) is 59.5 Å². The molecule has 0 saturated carbocycles. The van der Waals surface area contributed by atoms with Crippen molar-refractivity contribution in [1.29, 1.82) is 0 Å². The van der Waals surface area contributed by atoms with E-state index in [2.05, 4.69) is 20.2 Å². The number of hydrogen-bond acceptors (Lipinski definition) is 5. The number of nitrogens with one attached hydrogen (secondary N) is 1. The van der Waals surface area contributed by atoms with E-state index in [0.29, 0.717) is 0 Å². The number of carbonyl (C=O) groups is 1. The Bertz CT molecular complexity index is 448. The predicted octanol–water partition coefficient (Wildman–Crippen LogP) is 1.11. The van der Waals surface area contributed by atoms with Crippen molar-refractivity contribution in [1.82, 2.24) is 20.2 Å². The standard InChI is InChI=1S/C14H21N5O.2ClH/c20-13(12-4-1-2-5-15-12)18-8-10-19(11-9-18)14-16-6-3-7-17-14;;/h3,6-7,12,15H,1-2,4-5,8-11H2;2*1H/t12-;;/m1../s1. The summed E-state index contributed by atoms with van der Waals surface area (Å²) < 4.78 is 0. The van der Waals surface area contributed by atoms with Crippen LogP contribution in [0.2, 0.25) is 0 Å². The van der Waals surface area contributed by atoms with Crippen LogP contribution >= 0.6 is 24.8 Å².